The van der Waals surface area contributed by atoms with E-state index in [2.05, 4.69) is 0 Å². The molecule has 0 radical (unpaired) electrons. The maximum Gasteiger partial charge on any atom is 0.351 e. The zero-order valence-corrected chi connectivity index (χ0v) is 12.2. The van der Waals surface area contributed by atoms with E-state index in [0.717, 1.165) is 0 Å². The van der Waals surface area contributed by atoms with Crippen LogP contribution in [0.5, 0.6) is 11.5 Å². The SMILES string of the molecule is CCOP(=O)(OCC)[C@@H](N)c1ccc(OC)cc1O. The van der Waals surface area contributed by atoms with Crippen molar-refractivity contribution in [2.24, 2.45) is 5.73 Å². The van der Waals surface area contributed by atoms with Gasteiger partial charge in [-0.3, -0.25) is 4.57 Å². The second-order valence-corrected chi connectivity index (χ2v) is 5.90. The minimum absolute atomic E-state index is 0.105. The van der Waals surface area contributed by atoms with Crippen molar-refractivity contribution >= 4 is 7.60 Å². The second kappa shape index (κ2) is 6.91. The smallest absolute Gasteiger partial charge is 0.351 e. The third-order valence-electron chi connectivity index (χ3n) is 2.52. The van der Waals surface area contributed by atoms with Gasteiger partial charge in [0.2, 0.25) is 0 Å². The summed E-state index contributed by atoms with van der Waals surface area (Å²) >= 11 is 0. The first kappa shape index (κ1) is 16.0. The summed E-state index contributed by atoms with van der Waals surface area (Å²) in [5.74, 6) is -0.666. The molecule has 0 heterocycles. The summed E-state index contributed by atoms with van der Waals surface area (Å²) in [4.78, 5) is 0. The lowest BCUT2D eigenvalue weighted by atomic mass is 10.2. The quantitative estimate of drug-likeness (QED) is 0.750. The molecule has 108 valence electrons. The Morgan fingerprint density at radius 3 is 2.32 bits per heavy atom. The fourth-order valence-corrected chi connectivity index (χ4v) is 3.30. The third-order valence-corrected chi connectivity index (χ3v) is 4.71. The molecule has 0 saturated carbocycles. The summed E-state index contributed by atoms with van der Waals surface area (Å²) in [5, 5.41) is 9.90. The molecule has 0 saturated heterocycles. The van der Waals surface area contributed by atoms with E-state index < -0.39 is 13.4 Å². The van der Waals surface area contributed by atoms with Crippen molar-refractivity contribution in [3.05, 3.63) is 23.8 Å². The second-order valence-electron chi connectivity index (χ2n) is 3.74. The van der Waals surface area contributed by atoms with Gasteiger partial charge in [0, 0.05) is 11.6 Å². The third kappa shape index (κ3) is 3.70. The number of aromatic hydroxyl groups is 1. The summed E-state index contributed by atoms with van der Waals surface area (Å²) < 4.78 is 27.8. The van der Waals surface area contributed by atoms with E-state index in [9.17, 15) is 9.67 Å². The number of phenols is 1. The van der Waals surface area contributed by atoms with Crippen molar-refractivity contribution in [1.82, 2.24) is 0 Å². The normalized spacial score (nSPS) is 13.3. The number of benzene rings is 1. The minimum Gasteiger partial charge on any atom is -0.507 e. The molecule has 0 aromatic heterocycles. The van der Waals surface area contributed by atoms with Gasteiger partial charge >= 0.3 is 7.60 Å². The van der Waals surface area contributed by atoms with Crippen molar-refractivity contribution < 1.29 is 23.5 Å². The molecule has 1 atom stereocenters. The summed E-state index contributed by atoms with van der Waals surface area (Å²) in [5.41, 5.74) is 6.22. The fourth-order valence-electron chi connectivity index (χ4n) is 1.63. The number of hydrogen-bond donors (Lipinski definition) is 2. The highest BCUT2D eigenvalue weighted by atomic mass is 31.2. The van der Waals surface area contributed by atoms with E-state index in [4.69, 9.17) is 19.5 Å². The van der Waals surface area contributed by atoms with Gasteiger partial charge in [-0.2, -0.15) is 0 Å². The van der Waals surface area contributed by atoms with Gasteiger partial charge in [-0.05, 0) is 26.0 Å². The van der Waals surface area contributed by atoms with Gasteiger partial charge in [0.05, 0.1) is 20.3 Å². The standard InChI is InChI=1S/C12H20NO5P/c1-4-17-19(15,18-5-2)12(13)10-7-6-9(16-3)8-11(10)14/h6-8,12,14H,4-5,13H2,1-3H3/t12-/m1/s1. The first-order valence-corrected chi connectivity index (χ1v) is 7.61. The first-order valence-electron chi connectivity index (χ1n) is 5.99. The summed E-state index contributed by atoms with van der Waals surface area (Å²) in [6, 6.07) is 4.57. The van der Waals surface area contributed by atoms with Crippen LogP contribution in [0.2, 0.25) is 0 Å². The van der Waals surface area contributed by atoms with Crippen molar-refractivity contribution in [2.75, 3.05) is 20.3 Å². The number of hydrogen-bond acceptors (Lipinski definition) is 6. The van der Waals surface area contributed by atoms with Gasteiger partial charge in [0.25, 0.3) is 0 Å². The van der Waals surface area contributed by atoms with Crippen molar-refractivity contribution in [2.45, 2.75) is 19.6 Å². The van der Waals surface area contributed by atoms with Crippen LogP contribution in [0.25, 0.3) is 0 Å². The molecule has 1 aromatic carbocycles. The van der Waals surface area contributed by atoms with E-state index in [1.54, 1.807) is 26.0 Å². The van der Waals surface area contributed by atoms with Gasteiger partial charge in [-0.15, -0.1) is 0 Å². The largest absolute Gasteiger partial charge is 0.507 e. The molecule has 0 aliphatic rings. The molecule has 19 heavy (non-hydrogen) atoms. The monoisotopic (exact) mass is 289 g/mol. The molecule has 0 aliphatic heterocycles. The van der Waals surface area contributed by atoms with Crippen LogP contribution in [0, 0.1) is 0 Å². The Morgan fingerprint density at radius 2 is 1.89 bits per heavy atom. The van der Waals surface area contributed by atoms with E-state index in [-0.39, 0.29) is 19.0 Å². The Kier molecular flexibility index (Phi) is 5.82. The maximum absolute atomic E-state index is 12.5. The number of nitrogens with two attached hydrogens (primary N) is 1. The molecule has 3 N–H and O–H groups in total. The Hall–Kier alpha value is -1.07. The van der Waals surface area contributed by atoms with E-state index in [0.29, 0.717) is 11.3 Å². The molecule has 0 spiro atoms. The van der Waals surface area contributed by atoms with Crippen LogP contribution in [-0.4, -0.2) is 25.4 Å². The van der Waals surface area contributed by atoms with Crippen LogP contribution in [0.15, 0.2) is 18.2 Å². The predicted molar refractivity (Wildman–Crippen MR) is 72.4 cm³/mol. The zero-order chi connectivity index (χ0) is 14.5. The average molecular weight is 289 g/mol. The van der Waals surface area contributed by atoms with Crippen LogP contribution in [0.1, 0.15) is 25.2 Å². The van der Waals surface area contributed by atoms with Gasteiger partial charge in [-0.25, -0.2) is 0 Å². The molecule has 6 nitrogen and oxygen atoms in total. The topological polar surface area (TPSA) is 91.0 Å². The Labute approximate surface area is 113 Å². The van der Waals surface area contributed by atoms with Crippen LogP contribution < -0.4 is 10.5 Å². The average Bonchev–Trinajstić information content (AvgIpc) is 2.38. The molecule has 7 heteroatoms. The minimum atomic E-state index is -3.51. The summed E-state index contributed by atoms with van der Waals surface area (Å²) in [6.45, 7) is 3.82. The molecule has 1 aromatic rings. The lowest BCUT2D eigenvalue weighted by Gasteiger charge is -2.24. The Balaban J connectivity index is 3.09. The van der Waals surface area contributed by atoms with Crippen LogP contribution in [-0.2, 0) is 13.6 Å². The van der Waals surface area contributed by atoms with Gasteiger partial charge in [0.1, 0.15) is 17.3 Å². The Bertz CT molecular complexity index is 455. The van der Waals surface area contributed by atoms with Gasteiger partial charge in [-0.1, -0.05) is 0 Å². The van der Waals surface area contributed by atoms with Gasteiger partial charge in [0.15, 0.2) is 0 Å². The molecule has 0 unspecified atom stereocenters. The molecular weight excluding hydrogens is 269 g/mol. The molecule has 0 amide bonds. The molecule has 0 aliphatic carbocycles. The van der Waals surface area contributed by atoms with Crippen molar-refractivity contribution in [3.8, 4) is 11.5 Å². The first-order chi connectivity index (χ1) is 8.98. The zero-order valence-electron chi connectivity index (χ0n) is 11.3. The highest BCUT2D eigenvalue weighted by Crippen LogP contribution is 2.59. The maximum atomic E-state index is 12.5. The number of phenolic OH excluding ortho intramolecular Hbond substituents is 1. The van der Waals surface area contributed by atoms with Crippen molar-refractivity contribution in [1.29, 1.82) is 0 Å². The van der Waals surface area contributed by atoms with E-state index in [1.807, 2.05) is 0 Å². The number of ether oxygens (including phenoxy) is 1. The lowest BCUT2D eigenvalue weighted by molar-refractivity contribution is 0.212. The summed E-state index contributed by atoms with van der Waals surface area (Å²) in [7, 11) is -2.02. The predicted octanol–water partition coefficient (Wildman–Crippen LogP) is 2.62. The fraction of sp³-hybridized carbons (Fsp3) is 0.500. The molecule has 0 bridgehead atoms. The van der Waals surface area contributed by atoms with Gasteiger partial charge < -0.3 is 24.6 Å². The van der Waals surface area contributed by atoms with Crippen molar-refractivity contribution in [3.63, 3.8) is 0 Å². The van der Waals surface area contributed by atoms with E-state index >= 15 is 0 Å². The molecule has 1 rings (SSSR count). The summed E-state index contributed by atoms with van der Waals surface area (Å²) in [6.07, 6.45) is 0. The highest BCUT2D eigenvalue weighted by Gasteiger charge is 2.35. The Morgan fingerprint density at radius 1 is 1.32 bits per heavy atom. The van der Waals surface area contributed by atoms with Crippen LogP contribution >= 0.6 is 7.60 Å². The number of rotatable bonds is 7. The van der Waals surface area contributed by atoms with Crippen LogP contribution in [0.4, 0.5) is 0 Å². The number of methoxy groups -OCH3 is 1. The molecular formula is C12H20NO5P. The highest BCUT2D eigenvalue weighted by molar-refractivity contribution is 7.54. The van der Waals surface area contributed by atoms with E-state index in [1.165, 1.54) is 13.2 Å². The molecule has 0 fully saturated rings. The lowest BCUT2D eigenvalue weighted by Crippen LogP contribution is -2.15. The van der Waals surface area contributed by atoms with Crippen LogP contribution in [0.3, 0.4) is 0 Å².